The fourth-order valence-corrected chi connectivity index (χ4v) is 2.65. The molecule has 0 radical (unpaired) electrons. The van der Waals surface area contributed by atoms with Crippen molar-refractivity contribution in [1.29, 1.82) is 0 Å². The van der Waals surface area contributed by atoms with Gasteiger partial charge in [0.1, 0.15) is 12.4 Å². The van der Waals surface area contributed by atoms with Crippen LogP contribution in [0.15, 0.2) is 41.8 Å². The van der Waals surface area contributed by atoms with Gasteiger partial charge in [-0.2, -0.15) is 0 Å². The average Bonchev–Trinajstić information content (AvgIpc) is 2.98. The molecule has 2 aromatic rings. The largest absolute Gasteiger partial charge is 0.488 e. The highest BCUT2D eigenvalue weighted by Crippen LogP contribution is 2.17. The molecule has 0 fully saturated rings. The quantitative estimate of drug-likeness (QED) is 0.811. The zero-order valence-electron chi connectivity index (χ0n) is 12.8. The maximum absolute atomic E-state index is 11.4. The number of thiophene rings is 1. The third-order valence-electron chi connectivity index (χ3n) is 3.01. The number of carbonyl (C=O) groups excluding carboxylic acids is 2. The Labute approximate surface area is 138 Å². The summed E-state index contributed by atoms with van der Waals surface area (Å²) in [6, 6.07) is 10.9. The van der Waals surface area contributed by atoms with Crippen molar-refractivity contribution in [3.8, 4) is 5.75 Å². The number of rotatable bonds is 7. The Morgan fingerprint density at radius 1 is 1.26 bits per heavy atom. The average molecular weight is 333 g/mol. The molecule has 1 heterocycles. The fraction of sp³-hybridized carbons (Fsp3) is 0.250. The smallest absolute Gasteiger partial charge is 0.318 e. The van der Waals surface area contributed by atoms with Gasteiger partial charge in [-0.25, -0.2) is 4.79 Å². The van der Waals surface area contributed by atoms with Gasteiger partial charge < -0.3 is 10.5 Å². The number of ether oxygens (including phenoxy) is 1. The van der Waals surface area contributed by atoms with Crippen LogP contribution in [0.5, 0.6) is 5.75 Å². The molecule has 0 aliphatic carbocycles. The van der Waals surface area contributed by atoms with Crippen LogP contribution in [0.4, 0.5) is 4.79 Å². The van der Waals surface area contributed by atoms with Gasteiger partial charge in [0.2, 0.25) is 5.91 Å². The van der Waals surface area contributed by atoms with Crippen molar-refractivity contribution in [1.82, 2.24) is 10.2 Å². The number of nitrogens with two attached hydrogens (primary N) is 1. The van der Waals surface area contributed by atoms with Crippen LogP contribution >= 0.6 is 11.3 Å². The minimum absolute atomic E-state index is 0.0968. The van der Waals surface area contributed by atoms with E-state index in [0.29, 0.717) is 13.2 Å². The molecule has 23 heavy (non-hydrogen) atoms. The first-order valence-corrected chi connectivity index (χ1v) is 7.93. The van der Waals surface area contributed by atoms with E-state index in [1.54, 1.807) is 23.3 Å². The molecule has 7 heteroatoms. The van der Waals surface area contributed by atoms with E-state index < -0.39 is 11.9 Å². The summed E-state index contributed by atoms with van der Waals surface area (Å²) < 4.78 is 5.70. The van der Waals surface area contributed by atoms with Gasteiger partial charge >= 0.3 is 6.03 Å². The van der Waals surface area contributed by atoms with Crippen molar-refractivity contribution >= 4 is 23.3 Å². The number of nitrogens with zero attached hydrogens (tertiary/aromatic N) is 1. The number of hydrogen-bond donors (Lipinski definition) is 2. The molecule has 0 aliphatic rings. The highest BCUT2D eigenvalue weighted by molar-refractivity contribution is 7.09. The van der Waals surface area contributed by atoms with E-state index in [1.165, 1.54) is 4.88 Å². The molecule has 1 aromatic carbocycles. The van der Waals surface area contributed by atoms with Crippen LogP contribution in [-0.2, 0) is 17.9 Å². The predicted octanol–water partition coefficient (Wildman–Crippen LogP) is 1.95. The van der Waals surface area contributed by atoms with Gasteiger partial charge in [0.25, 0.3) is 0 Å². The Hall–Kier alpha value is -2.38. The number of urea groups is 1. The lowest BCUT2D eigenvalue weighted by Gasteiger charge is -2.16. The van der Waals surface area contributed by atoms with E-state index in [1.807, 2.05) is 47.1 Å². The molecule has 3 N–H and O–H groups in total. The van der Waals surface area contributed by atoms with Crippen molar-refractivity contribution in [3.05, 3.63) is 52.2 Å². The predicted molar refractivity (Wildman–Crippen MR) is 89.2 cm³/mol. The van der Waals surface area contributed by atoms with E-state index in [0.717, 1.165) is 11.3 Å². The molecule has 0 saturated heterocycles. The van der Waals surface area contributed by atoms with Crippen molar-refractivity contribution in [2.75, 3.05) is 13.6 Å². The number of imide groups is 1. The molecule has 122 valence electrons. The van der Waals surface area contributed by atoms with Gasteiger partial charge in [-0.15, -0.1) is 11.3 Å². The summed E-state index contributed by atoms with van der Waals surface area (Å²) in [4.78, 5) is 25.0. The van der Waals surface area contributed by atoms with Crippen LogP contribution in [0.1, 0.15) is 10.4 Å². The normalized spacial score (nSPS) is 10.5. The van der Waals surface area contributed by atoms with Crippen LogP contribution in [0.25, 0.3) is 0 Å². The molecule has 0 saturated carbocycles. The Balaban J connectivity index is 1.79. The first kappa shape index (κ1) is 17.0. The zero-order valence-corrected chi connectivity index (χ0v) is 13.6. The second-order valence-corrected chi connectivity index (χ2v) is 6.13. The molecule has 0 spiro atoms. The second-order valence-electron chi connectivity index (χ2n) is 5.10. The fourth-order valence-electron chi connectivity index (χ4n) is 2.03. The summed E-state index contributed by atoms with van der Waals surface area (Å²) >= 11 is 1.66. The summed E-state index contributed by atoms with van der Waals surface area (Å²) in [5.41, 5.74) is 5.94. The van der Waals surface area contributed by atoms with Gasteiger partial charge in [-0.1, -0.05) is 18.2 Å². The van der Waals surface area contributed by atoms with Crippen LogP contribution in [0.2, 0.25) is 0 Å². The first-order valence-electron chi connectivity index (χ1n) is 7.05. The molecule has 6 nitrogen and oxygen atoms in total. The maximum Gasteiger partial charge on any atom is 0.318 e. The molecular formula is C16H19N3O3S. The third-order valence-corrected chi connectivity index (χ3v) is 3.86. The van der Waals surface area contributed by atoms with Gasteiger partial charge in [0, 0.05) is 11.4 Å². The standard InChI is InChI=1S/C16H19N3O3S/c1-19(10-15(20)18-16(17)21)9-12-4-6-13(7-5-12)22-11-14-3-2-8-23-14/h2-8H,9-11H2,1H3,(H3,17,18,20,21). The molecule has 0 atom stereocenters. The number of primary amides is 1. The number of amides is 3. The van der Waals surface area contributed by atoms with Gasteiger partial charge in [-0.05, 0) is 36.2 Å². The minimum atomic E-state index is -0.837. The molecular weight excluding hydrogens is 314 g/mol. The summed E-state index contributed by atoms with van der Waals surface area (Å²) in [6.07, 6.45) is 0. The Morgan fingerprint density at radius 3 is 2.61 bits per heavy atom. The van der Waals surface area contributed by atoms with Crippen molar-refractivity contribution in [3.63, 3.8) is 0 Å². The lowest BCUT2D eigenvalue weighted by atomic mass is 10.2. The lowest BCUT2D eigenvalue weighted by Crippen LogP contribution is -2.40. The topological polar surface area (TPSA) is 84.7 Å². The first-order chi connectivity index (χ1) is 11.0. The Kier molecular flexibility index (Phi) is 6.13. The second kappa shape index (κ2) is 8.30. The van der Waals surface area contributed by atoms with Crippen LogP contribution < -0.4 is 15.8 Å². The van der Waals surface area contributed by atoms with E-state index in [-0.39, 0.29) is 6.54 Å². The minimum Gasteiger partial charge on any atom is -0.488 e. The summed E-state index contributed by atoms with van der Waals surface area (Å²) in [5, 5.41) is 4.06. The van der Waals surface area contributed by atoms with E-state index in [9.17, 15) is 9.59 Å². The Bertz CT molecular complexity index is 641. The van der Waals surface area contributed by atoms with Crippen LogP contribution in [0, 0.1) is 0 Å². The molecule has 1 aromatic heterocycles. The lowest BCUT2D eigenvalue weighted by molar-refractivity contribution is -0.120. The van der Waals surface area contributed by atoms with E-state index in [2.05, 4.69) is 0 Å². The number of carbonyl (C=O) groups is 2. The van der Waals surface area contributed by atoms with Crippen molar-refractivity contribution < 1.29 is 14.3 Å². The highest BCUT2D eigenvalue weighted by Gasteiger charge is 2.08. The zero-order chi connectivity index (χ0) is 16.7. The molecule has 3 amide bonds. The molecule has 0 bridgehead atoms. The number of benzene rings is 1. The van der Waals surface area contributed by atoms with Crippen molar-refractivity contribution in [2.45, 2.75) is 13.2 Å². The van der Waals surface area contributed by atoms with E-state index >= 15 is 0 Å². The number of likely N-dealkylation sites (N-methyl/N-ethyl adjacent to an activating group) is 1. The van der Waals surface area contributed by atoms with Crippen molar-refractivity contribution in [2.24, 2.45) is 5.73 Å². The summed E-state index contributed by atoms with van der Waals surface area (Å²) in [5.74, 6) is 0.382. The number of nitrogens with one attached hydrogen (secondary N) is 1. The van der Waals surface area contributed by atoms with Crippen LogP contribution in [0.3, 0.4) is 0 Å². The SMILES string of the molecule is CN(CC(=O)NC(N)=O)Cc1ccc(OCc2cccs2)cc1. The van der Waals surface area contributed by atoms with Gasteiger partial charge in [0.15, 0.2) is 0 Å². The molecule has 0 aliphatic heterocycles. The molecule has 2 rings (SSSR count). The third kappa shape index (κ3) is 6.09. The van der Waals surface area contributed by atoms with Gasteiger partial charge in [0.05, 0.1) is 6.54 Å². The Morgan fingerprint density at radius 2 is 2.00 bits per heavy atom. The molecule has 0 unspecified atom stereocenters. The number of hydrogen-bond acceptors (Lipinski definition) is 5. The van der Waals surface area contributed by atoms with Crippen LogP contribution in [-0.4, -0.2) is 30.4 Å². The summed E-state index contributed by atoms with van der Waals surface area (Å²) in [6.45, 7) is 1.24. The van der Waals surface area contributed by atoms with Gasteiger partial charge in [-0.3, -0.25) is 15.0 Å². The summed E-state index contributed by atoms with van der Waals surface area (Å²) in [7, 11) is 1.79. The highest BCUT2D eigenvalue weighted by atomic mass is 32.1. The van der Waals surface area contributed by atoms with E-state index in [4.69, 9.17) is 10.5 Å². The maximum atomic E-state index is 11.4. The monoisotopic (exact) mass is 333 g/mol.